The lowest BCUT2D eigenvalue weighted by Gasteiger charge is -2.18. The molecule has 126 valence electrons. The van der Waals surface area contributed by atoms with E-state index in [1.54, 1.807) is 18.2 Å². The highest BCUT2D eigenvalue weighted by Gasteiger charge is 2.10. The molecule has 0 aromatic heterocycles. The van der Waals surface area contributed by atoms with E-state index in [2.05, 4.69) is 17.2 Å². The lowest BCUT2D eigenvalue weighted by molar-refractivity contribution is -0.384. The SMILES string of the molecule is CCCN(C)c1ccc(N=Nc2cc([N+](=O)[O-])ccc2O)c(O)c1. The van der Waals surface area contributed by atoms with Crippen molar-refractivity contribution < 1.29 is 15.1 Å². The lowest BCUT2D eigenvalue weighted by Crippen LogP contribution is -2.17. The van der Waals surface area contributed by atoms with Crippen LogP contribution < -0.4 is 4.90 Å². The number of hydrogen-bond acceptors (Lipinski definition) is 7. The minimum Gasteiger partial charge on any atom is -0.506 e. The van der Waals surface area contributed by atoms with E-state index in [1.165, 1.54) is 12.1 Å². The average Bonchev–Trinajstić information content (AvgIpc) is 2.55. The Morgan fingerprint density at radius 3 is 2.42 bits per heavy atom. The van der Waals surface area contributed by atoms with Gasteiger partial charge in [0, 0.05) is 37.5 Å². The van der Waals surface area contributed by atoms with Crippen molar-refractivity contribution in [3.8, 4) is 11.5 Å². The van der Waals surface area contributed by atoms with Gasteiger partial charge in [0.2, 0.25) is 0 Å². The first-order chi connectivity index (χ1) is 11.4. The number of non-ortho nitro benzene ring substituents is 1. The van der Waals surface area contributed by atoms with Crippen LogP contribution >= 0.6 is 0 Å². The van der Waals surface area contributed by atoms with Crippen molar-refractivity contribution in [1.29, 1.82) is 0 Å². The largest absolute Gasteiger partial charge is 0.506 e. The average molecular weight is 330 g/mol. The van der Waals surface area contributed by atoms with E-state index < -0.39 is 4.92 Å². The van der Waals surface area contributed by atoms with Crippen LogP contribution in [0.15, 0.2) is 46.6 Å². The molecule has 8 nitrogen and oxygen atoms in total. The fourth-order valence-corrected chi connectivity index (χ4v) is 2.11. The minimum absolute atomic E-state index is 0.0456. The number of nitro groups is 1. The summed E-state index contributed by atoms with van der Waals surface area (Å²) in [6, 6.07) is 8.40. The number of anilines is 1. The number of phenolic OH excluding ortho intramolecular Hbond substituents is 2. The van der Waals surface area contributed by atoms with E-state index in [4.69, 9.17) is 0 Å². The predicted octanol–water partition coefficient (Wildman–Crippen LogP) is 4.27. The molecule has 2 rings (SSSR count). The molecular formula is C16H18N4O4. The summed E-state index contributed by atoms with van der Waals surface area (Å²) in [7, 11) is 1.92. The van der Waals surface area contributed by atoms with Crippen LogP contribution in [0.1, 0.15) is 13.3 Å². The molecule has 0 saturated carbocycles. The summed E-state index contributed by atoms with van der Waals surface area (Å²) >= 11 is 0. The third-order valence-electron chi connectivity index (χ3n) is 3.39. The molecule has 0 amide bonds. The van der Waals surface area contributed by atoms with E-state index in [0.717, 1.165) is 24.7 Å². The van der Waals surface area contributed by atoms with Crippen LogP contribution in [0.5, 0.6) is 11.5 Å². The van der Waals surface area contributed by atoms with Crippen molar-refractivity contribution in [2.45, 2.75) is 13.3 Å². The summed E-state index contributed by atoms with van der Waals surface area (Å²) in [5.74, 6) is -0.299. The molecule has 2 aromatic rings. The Morgan fingerprint density at radius 2 is 1.79 bits per heavy atom. The molecule has 0 bridgehead atoms. The van der Waals surface area contributed by atoms with E-state index in [-0.39, 0.29) is 28.6 Å². The fraction of sp³-hybridized carbons (Fsp3) is 0.250. The number of phenols is 2. The fourth-order valence-electron chi connectivity index (χ4n) is 2.11. The zero-order valence-electron chi connectivity index (χ0n) is 13.4. The molecule has 2 N–H and O–H groups in total. The van der Waals surface area contributed by atoms with Crippen LogP contribution in [0.2, 0.25) is 0 Å². The van der Waals surface area contributed by atoms with Gasteiger partial charge in [0.15, 0.2) is 0 Å². The van der Waals surface area contributed by atoms with Gasteiger partial charge in [0.1, 0.15) is 22.9 Å². The molecule has 0 aliphatic carbocycles. The lowest BCUT2D eigenvalue weighted by atomic mass is 10.2. The third kappa shape index (κ3) is 3.97. The number of hydrogen-bond donors (Lipinski definition) is 2. The van der Waals surface area contributed by atoms with Gasteiger partial charge in [-0.25, -0.2) is 0 Å². The van der Waals surface area contributed by atoms with Gasteiger partial charge in [-0.1, -0.05) is 6.92 Å². The van der Waals surface area contributed by atoms with Crippen molar-refractivity contribution in [1.82, 2.24) is 0 Å². The Morgan fingerprint density at radius 1 is 1.08 bits per heavy atom. The maximum atomic E-state index is 10.8. The minimum atomic E-state index is -0.589. The maximum Gasteiger partial charge on any atom is 0.271 e. The second kappa shape index (κ2) is 7.40. The summed E-state index contributed by atoms with van der Waals surface area (Å²) in [4.78, 5) is 12.2. The maximum absolute atomic E-state index is 10.8. The van der Waals surface area contributed by atoms with Gasteiger partial charge in [-0.15, -0.1) is 10.2 Å². The van der Waals surface area contributed by atoms with Crippen LogP contribution in [-0.4, -0.2) is 28.7 Å². The van der Waals surface area contributed by atoms with Crippen LogP contribution in [0.25, 0.3) is 0 Å². The molecule has 0 unspecified atom stereocenters. The molecule has 0 heterocycles. The Balaban J connectivity index is 2.26. The molecule has 0 aliphatic heterocycles. The first kappa shape index (κ1) is 17.2. The topological polar surface area (TPSA) is 112 Å². The summed E-state index contributed by atoms with van der Waals surface area (Å²) in [5, 5.41) is 38.1. The molecule has 0 aliphatic rings. The standard InChI is InChI=1S/C16H18N4O4/c1-3-8-19(2)11-4-6-13(16(22)10-11)17-18-14-9-12(20(23)24)5-7-15(14)21/h4-7,9-10,21-22H,3,8H2,1-2H3. The van der Waals surface area contributed by atoms with Gasteiger partial charge >= 0.3 is 0 Å². The quantitative estimate of drug-likeness (QED) is 0.467. The van der Waals surface area contributed by atoms with E-state index >= 15 is 0 Å². The molecule has 0 atom stereocenters. The molecular weight excluding hydrogens is 312 g/mol. The highest BCUT2D eigenvalue weighted by Crippen LogP contribution is 2.35. The molecule has 0 spiro atoms. The second-order valence-corrected chi connectivity index (χ2v) is 5.22. The van der Waals surface area contributed by atoms with Crippen molar-refractivity contribution in [2.75, 3.05) is 18.5 Å². The first-order valence-corrected chi connectivity index (χ1v) is 7.35. The summed E-state index contributed by atoms with van der Waals surface area (Å²) in [6.45, 7) is 2.91. The van der Waals surface area contributed by atoms with Gasteiger partial charge < -0.3 is 15.1 Å². The number of rotatable bonds is 6. The van der Waals surface area contributed by atoms with Crippen molar-refractivity contribution >= 4 is 22.7 Å². The highest BCUT2D eigenvalue weighted by molar-refractivity contribution is 5.62. The van der Waals surface area contributed by atoms with Crippen molar-refractivity contribution in [3.05, 3.63) is 46.5 Å². The monoisotopic (exact) mass is 330 g/mol. The number of nitro benzene ring substituents is 1. The van der Waals surface area contributed by atoms with Crippen LogP contribution in [0, 0.1) is 10.1 Å². The van der Waals surface area contributed by atoms with Gasteiger partial charge in [-0.05, 0) is 24.6 Å². The molecule has 0 fully saturated rings. The Bertz CT molecular complexity index is 777. The highest BCUT2D eigenvalue weighted by atomic mass is 16.6. The van der Waals surface area contributed by atoms with Gasteiger partial charge in [0.25, 0.3) is 5.69 Å². The van der Waals surface area contributed by atoms with Crippen LogP contribution in [-0.2, 0) is 0 Å². The molecule has 0 radical (unpaired) electrons. The van der Waals surface area contributed by atoms with Gasteiger partial charge in [0.05, 0.1) is 4.92 Å². The van der Waals surface area contributed by atoms with Crippen LogP contribution in [0.3, 0.4) is 0 Å². The van der Waals surface area contributed by atoms with Crippen LogP contribution in [0.4, 0.5) is 22.7 Å². The van der Waals surface area contributed by atoms with Crippen molar-refractivity contribution in [3.63, 3.8) is 0 Å². The molecule has 0 saturated heterocycles. The number of azo groups is 1. The Hall–Kier alpha value is -3.16. The Kier molecular flexibility index (Phi) is 5.31. The predicted molar refractivity (Wildman–Crippen MR) is 90.6 cm³/mol. The second-order valence-electron chi connectivity index (χ2n) is 5.22. The smallest absolute Gasteiger partial charge is 0.271 e. The number of nitrogens with zero attached hydrogens (tertiary/aromatic N) is 4. The molecule has 2 aromatic carbocycles. The zero-order chi connectivity index (χ0) is 17.7. The van der Waals surface area contributed by atoms with E-state index in [0.29, 0.717) is 0 Å². The van der Waals surface area contributed by atoms with E-state index in [1.807, 2.05) is 11.9 Å². The normalized spacial score (nSPS) is 10.9. The van der Waals surface area contributed by atoms with Gasteiger partial charge in [-0.2, -0.15) is 0 Å². The Labute approximate surface area is 138 Å². The molecule has 8 heteroatoms. The first-order valence-electron chi connectivity index (χ1n) is 7.35. The molecule has 24 heavy (non-hydrogen) atoms. The van der Waals surface area contributed by atoms with E-state index in [9.17, 15) is 20.3 Å². The zero-order valence-corrected chi connectivity index (χ0v) is 13.4. The van der Waals surface area contributed by atoms with Gasteiger partial charge in [-0.3, -0.25) is 10.1 Å². The number of aromatic hydroxyl groups is 2. The summed E-state index contributed by atoms with van der Waals surface area (Å²) in [5.41, 5.74) is 0.791. The van der Waals surface area contributed by atoms with Crippen molar-refractivity contribution in [2.24, 2.45) is 10.2 Å². The summed E-state index contributed by atoms with van der Waals surface area (Å²) < 4.78 is 0. The third-order valence-corrected chi connectivity index (χ3v) is 3.39. The number of benzene rings is 2. The summed E-state index contributed by atoms with van der Waals surface area (Å²) in [6.07, 6.45) is 0.977.